The van der Waals surface area contributed by atoms with E-state index in [1.54, 1.807) is 86.8 Å². The van der Waals surface area contributed by atoms with Crippen LogP contribution in [0, 0.1) is 0 Å². The minimum atomic E-state index is -1.25. The lowest BCUT2D eigenvalue weighted by Crippen LogP contribution is -2.42. The minimum absolute atomic E-state index is 0.236. The molecule has 4 rings (SSSR count). The van der Waals surface area contributed by atoms with E-state index in [1.807, 2.05) is 6.07 Å². The molecule has 1 heterocycles. The van der Waals surface area contributed by atoms with Gasteiger partial charge in [-0.05, 0) is 61.0 Å². The Labute approximate surface area is 220 Å². The fourth-order valence-electron chi connectivity index (χ4n) is 4.09. The minimum Gasteiger partial charge on any atom is -0.497 e. The fourth-order valence-corrected chi connectivity index (χ4v) is 4.09. The zero-order valence-electron chi connectivity index (χ0n) is 21.2. The number of methoxy groups -OCH3 is 2. The molecule has 9 heteroatoms. The molecule has 0 radical (unpaired) electrons. The maximum absolute atomic E-state index is 13.0. The predicted octanol–water partition coefficient (Wildman–Crippen LogP) is 4.01. The van der Waals surface area contributed by atoms with Crippen molar-refractivity contribution in [3.8, 4) is 11.5 Å². The molecule has 4 amide bonds. The van der Waals surface area contributed by atoms with Gasteiger partial charge in [0.15, 0.2) is 5.78 Å². The second-order valence-corrected chi connectivity index (χ2v) is 8.74. The summed E-state index contributed by atoms with van der Waals surface area (Å²) in [5.74, 6) is -0.0784. The lowest BCUT2D eigenvalue weighted by Gasteiger charge is -2.22. The summed E-state index contributed by atoms with van der Waals surface area (Å²) in [5.41, 5.74) is 0.935. The third-order valence-electron chi connectivity index (χ3n) is 6.24. The molecule has 38 heavy (non-hydrogen) atoms. The largest absolute Gasteiger partial charge is 0.497 e. The van der Waals surface area contributed by atoms with Crippen LogP contribution in [0.25, 0.3) is 6.08 Å². The molecule has 0 spiro atoms. The first-order valence-electron chi connectivity index (χ1n) is 11.8. The SMILES string of the molecule is COc1ccc(/C=C/C(=O)c2ccc(NC(=O)CN3C(=O)NC(C)(c4ccccc4)C3=O)cc2)c(OC)c1. The monoisotopic (exact) mass is 513 g/mol. The van der Waals surface area contributed by atoms with Gasteiger partial charge in [-0.15, -0.1) is 0 Å². The zero-order chi connectivity index (χ0) is 27.3. The Morgan fingerprint density at radius 1 is 0.974 bits per heavy atom. The summed E-state index contributed by atoms with van der Waals surface area (Å²) in [6.45, 7) is 1.16. The molecular formula is C29H27N3O6. The number of imide groups is 1. The van der Waals surface area contributed by atoms with Crippen molar-refractivity contribution < 1.29 is 28.7 Å². The first-order valence-corrected chi connectivity index (χ1v) is 11.8. The highest BCUT2D eigenvalue weighted by atomic mass is 16.5. The Bertz CT molecular complexity index is 1400. The molecule has 9 nitrogen and oxygen atoms in total. The normalized spacial score (nSPS) is 16.9. The van der Waals surface area contributed by atoms with Crippen LogP contribution in [0.5, 0.6) is 11.5 Å². The van der Waals surface area contributed by atoms with E-state index in [1.165, 1.54) is 13.2 Å². The van der Waals surface area contributed by atoms with Crippen LogP contribution in [-0.2, 0) is 15.1 Å². The molecule has 2 N–H and O–H groups in total. The van der Waals surface area contributed by atoms with E-state index in [0.29, 0.717) is 28.3 Å². The number of carbonyl (C=O) groups is 4. The molecule has 0 bridgehead atoms. The molecule has 0 saturated carbocycles. The number of ether oxygens (including phenoxy) is 2. The van der Waals surface area contributed by atoms with Crippen LogP contribution in [0.3, 0.4) is 0 Å². The molecule has 1 fully saturated rings. The van der Waals surface area contributed by atoms with Gasteiger partial charge in [-0.25, -0.2) is 4.79 Å². The van der Waals surface area contributed by atoms with Gasteiger partial charge in [0, 0.05) is 22.9 Å². The smallest absolute Gasteiger partial charge is 0.325 e. The van der Waals surface area contributed by atoms with Crippen molar-refractivity contribution in [3.63, 3.8) is 0 Å². The molecule has 0 aromatic heterocycles. The van der Waals surface area contributed by atoms with Gasteiger partial charge in [-0.1, -0.05) is 30.3 Å². The number of amides is 4. The van der Waals surface area contributed by atoms with E-state index in [4.69, 9.17) is 9.47 Å². The summed E-state index contributed by atoms with van der Waals surface area (Å²) in [6.07, 6.45) is 3.08. The zero-order valence-corrected chi connectivity index (χ0v) is 21.2. The van der Waals surface area contributed by atoms with Crippen molar-refractivity contribution in [1.82, 2.24) is 10.2 Å². The van der Waals surface area contributed by atoms with Gasteiger partial charge in [0.25, 0.3) is 5.91 Å². The summed E-state index contributed by atoms with van der Waals surface area (Å²) >= 11 is 0. The van der Waals surface area contributed by atoms with Crippen molar-refractivity contribution in [3.05, 3.63) is 95.6 Å². The maximum atomic E-state index is 13.0. The second-order valence-electron chi connectivity index (χ2n) is 8.74. The van der Waals surface area contributed by atoms with Crippen molar-refractivity contribution in [2.24, 2.45) is 0 Å². The molecule has 1 aliphatic heterocycles. The first kappa shape index (κ1) is 26.2. The van der Waals surface area contributed by atoms with Crippen molar-refractivity contribution in [1.29, 1.82) is 0 Å². The third-order valence-corrected chi connectivity index (χ3v) is 6.24. The number of nitrogens with one attached hydrogen (secondary N) is 2. The highest BCUT2D eigenvalue weighted by Gasteiger charge is 2.49. The van der Waals surface area contributed by atoms with E-state index in [-0.39, 0.29) is 5.78 Å². The molecule has 1 aliphatic rings. The number of anilines is 1. The number of ketones is 1. The average Bonchev–Trinajstić information content (AvgIpc) is 3.16. The first-order chi connectivity index (χ1) is 18.2. The number of hydrogen-bond acceptors (Lipinski definition) is 6. The second kappa shape index (κ2) is 11.0. The van der Waals surface area contributed by atoms with Crippen LogP contribution in [0.2, 0.25) is 0 Å². The summed E-state index contributed by atoms with van der Waals surface area (Å²) in [4.78, 5) is 51.6. The van der Waals surface area contributed by atoms with Gasteiger partial charge in [-0.2, -0.15) is 0 Å². The van der Waals surface area contributed by atoms with Crippen LogP contribution in [0.4, 0.5) is 10.5 Å². The maximum Gasteiger partial charge on any atom is 0.325 e. The topological polar surface area (TPSA) is 114 Å². The van der Waals surface area contributed by atoms with Gasteiger partial charge >= 0.3 is 6.03 Å². The number of urea groups is 1. The predicted molar refractivity (Wildman–Crippen MR) is 142 cm³/mol. The van der Waals surface area contributed by atoms with Crippen molar-refractivity contribution in [2.75, 3.05) is 26.1 Å². The van der Waals surface area contributed by atoms with Gasteiger partial charge in [0.05, 0.1) is 14.2 Å². The van der Waals surface area contributed by atoms with E-state index >= 15 is 0 Å². The molecule has 194 valence electrons. The molecule has 1 atom stereocenters. The number of hydrogen-bond donors (Lipinski definition) is 2. The summed E-state index contributed by atoms with van der Waals surface area (Å²) < 4.78 is 10.5. The van der Waals surface area contributed by atoms with Crippen LogP contribution in [0.1, 0.15) is 28.4 Å². The number of benzene rings is 3. The molecule has 1 unspecified atom stereocenters. The molecule has 3 aromatic rings. The van der Waals surface area contributed by atoms with Crippen molar-refractivity contribution in [2.45, 2.75) is 12.5 Å². The van der Waals surface area contributed by atoms with Crippen LogP contribution >= 0.6 is 0 Å². The lowest BCUT2D eigenvalue weighted by molar-refractivity contribution is -0.133. The van der Waals surface area contributed by atoms with Crippen LogP contribution in [0.15, 0.2) is 78.9 Å². The Balaban J connectivity index is 1.37. The van der Waals surface area contributed by atoms with E-state index < -0.39 is 29.9 Å². The number of rotatable bonds is 9. The molecular weight excluding hydrogens is 486 g/mol. The summed E-state index contributed by atoms with van der Waals surface area (Å²) in [6, 6.07) is 19.8. The Hall–Kier alpha value is -4.92. The Morgan fingerprint density at radius 3 is 2.34 bits per heavy atom. The summed E-state index contributed by atoms with van der Waals surface area (Å²) in [5, 5.41) is 5.33. The van der Waals surface area contributed by atoms with Gasteiger partial charge in [0.2, 0.25) is 5.91 Å². The molecule has 3 aromatic carbocycles. The Morgan fingerprint density at radius 2 is 1.68 bits per heavy atom. The van der Waals surface area contributed by atoms with Gasteiger partial charge in [-0.3, -0.25) is 19.3 Å². The third kappa shape index (κ3) is 5.41. The quantitative estimate of drug-likeness (QED) is 0.254. The van der Waals surface area contributed by atoms with Gasteiger partial charge < -0.3 is 20.1 Å². The van der Waals surface area contributed by atoms with Crippen molar-refractivity contribution >= 4 is 35.4 Å². The summed E-state index contributed by atoms with van der Waals surface area (Å²) in [7, 11) is 3.10. The highest BCUT2D eigenvalue weighted by Crippen LogP contribution is 2.29. The lowest BCUT2D eigenvalue weighted by atomic mass is 9.92. The van der Waals surface area contributed by atoms with Gasteiger partial charge in [0.1, 0.15) is 23.6 Å². The highest BCUT2D eigenvalue weighted by molar-refractivity contribution is 6.10. The molecule has 1 saturated heterocycles. The fraction of sp³-hybridized carbons (Fsp3) is 0.172. The number of allylic oxidation sites excluding steroid dienone is 1. The molecule has 0 aliphatic carbocycles. The average molecular weight is 514 g/mol. The van der Waals surface area contributed by atoms with E-state index in [0.717, 1.165) is 10.5 Å². The Kier molecular flexibility index (Phi) is 7.57. The van der Waals surface area contributed by atoms with E-state index in [2.05, 4.69) is 10.6 Å². The number of carbonyl (C=O) groups excluding carboxylic acids is 4. The van der Waals surface area contributed by atoms with Crippen LogP contribution in [-0.4, -0.2) is 49.3 Å². The van der Waals surface area contributed by atoms with E-state index in [9.17, 15) is 19.2 Å². The number of nitrogens with zero attached hydrogens (tertiary/aromatic N) is 1. The standard InChI is InChI=1S/C29H27N3O6/c1-29(21-7-5-4-6-8-21)27(35)32(28(36)31-29)18-26(34)30-22-13-9-19(10-14-22)24(33)16-12-20-11-15-23(37-2)17-25(20)38-3/h4-17H,18H2,1-3H3,(H,30,34)(H,31,36)/b16-12+. The van der Waals surface area contributed by atoms with Crippen LogP contribution < -0.4 is 20.1 Å².